The van der Waals surface area contributed by atoms with Crippen molar-refractivity contribution in [2.45, 2.75) is 30.9 Å². The Morgan fingerprint density at radius 3 is 3.00 bits per heavy atom. The van der Waals surface area contributed by atoms with E-state index in [-0.39, 0.29) is 17.6 Å². The van der Waals surface area contributed by atoms with Crippen LogP contribution in [0.4, 0.5) is 10.3 Å². The van der Waals surface area contributed by atoms with Gasteiger partial charge >= 0.3 is 0 Å². The average Bonchev–Trinajstić information content (AvgIpc) is 3.27. The molecule has 0 unspecified atom stereocenters. The van der Waals surface area contributed by atoms with Crippen molar-refractivity contribution in [2.24, 2.45) is 0 Å². The molecule has 1 amide bonds. The molecule has 0 radical (unpaired) electrons. The third-order valence-electron chi connectivity index (χ3n) is 4.76. The van der Waals surface area contributed by atoms with Gasteiger partial charge in [-0.05, 0) is 18.9 Å². The molecule has 7 nitrogen and oxygen atoms in total. The SMILES string of the molecule is O=C(c1ccoc1)N1CCC[C@@]2(C[C@@H](Nc3ncc(F)cn3)CO2)C1. The number of anilines is 1. The molecule has 2 aliphatic rings. The van der Waals surface area contributed by atoms with Crippen LogP contribution in [0.3, 0.4) is 0 Å². The number of carbonyl (C=O) groups is 1. The van der Waals surface area contributed by atoms with Crippen molar-refractivity contribution in [3.63, 3.8) is 0 Å². The molecule has 1 N–H and O–H groups in total. The van der Waals surface area contributed by atoms with E-state index in [4.69, 9.17) is 9.15 Å². The molecular formula is C17H19FN4O3. The van der Waals surface area contributed by atoms with Gasteiger partial charge in [0.1, 0.15) is 6.26 Å². The number of aromatic nitrogens is 2. The van der Waals surface area contributed by atoms with Gasteiger partial charge in [0.15, 0.2) is 5.82 Å². The van der Waals surface area contributed by atoms with Crippen molar-refractivity contribution in [2.75, 3.05) is 25.0 Å². The summed E-state index contributed by atoms with van der Waals surface area (Å²) in [5.41, 5.74) is 0.208. The first-order valence-electron chi connectivity index (χ1n) is 8.33. The molecule has 2 aliphatic heterocycles. The van der Waals surface area contributed by atoms with Gasteiger partial charge in [-0.15, -0.1) is 0 Å². The smallest absolute Gasteiger partial charge is 0.257 e. The van der Waals surface area contributed by atoms with Crippen LogP contribution in [0.2, 0.25) is 0 Å². The third-order valence-corrected chi connectivity index (χ3v) is 4.76. The van der Waals surface area contributed by atoms with Gasteiger partial charge in [-0.1, -0.05) is 0 Å². The van der Waals surface area contributed by atoms with Crippen molar-refractivity contribution in [1.29, 1.82) is 0 Å². The Kier molecular flexibility index (Phi) is 4.12. The van der Waals surface area contributed by atoms with Gasteiger partial charge in [0.2, 0.25) is 5.95 Å². The number of rotatable bonds is 3. The predicted octanol–water partition coefficient (Wildman–Crippen LogP) is 2.08. The first kappa shape index (κ1) is 16.0. The third kappa shape index (κ3) is 3.34. The number of likely N-dealkylation sites (tertiary alicyclic amines) is 1. The van der Waals surface area contributed by atoms with Crippen molar-refractivity contribution in [1.82, 2.24) is 14.9 Å². The Morgan fingerprint density at radius 2 is 2.24 bits per heavy atom. The molecule has 25 heavy (non-hydrogen) atoms. The summed E-state index contributed by atoms with van der Waals surface area (Å²) in [5.74, 6) is -0.116. The molecule has 2 fully saturated rings. The summed E-state index contributed by atoms with van der Waals surface area (Å²) in [7, 11) is 0. The topological polar surface area (TPSA) is 80.5 Å². The Morgan fingerprint density at radius 1 is 1.40 bits per heavy atom. The lowest BCUT2D eigenvalue weighted by Crippen LogP contribution is -2.50. The molecule has 0 bridgehead atoms. The number of nitrogens with one attached hydrogen (secondary N) is 1. The fourth-order valence-electron chi connectivity index (χ4n) is 3.63. The summed E-state index contributed by atoms with van der Waals surface area (Å²) in [6.45, 7) is 1.78. The molecule has 8 heteroatoms. The van der Waals surface area contributed by atoms with Crippen molar-refractivity contribution >= 4 is 11.9 Å². The number of hydrogen-bond acceptors (Lipinski definition) is 6. The van der Waals surface area contributed by atoms with Crippen molar-refractivity contribution < 1.29 is 18.3 Å². The lowest BCUT2D eigenvalue weighted by Gasteiger charge is -2.39. The summed E-state index contributed by atoms with van der Waals surface area (Å²) < 4.78 is 24.0. The van der Waals surface area contributed by atoms with E-state index in [1.54, 1.807) is 6.07 Å². The molecule has 2 aromatic rings. The van der Waals surface area contributed by atoms with Crippen LogP contribution in [0.1, 0.15) is 29.6 Å². The zero-order chi connectivity index (χ0) is 17.3. The highest BCUT2D eigenvalue weighted by Crippen LogP contribution is 2.36. The summed E-state index contributed by atoms with van der Waals surface area (Å²) in [6, 6.07) is 1.71. The molecule has 1 spiro atoms. The molecule has 0 aromatic carbocycles. The maximum absolute atomic E-state index is 12.9. The van der Waals surface area contributed by atoms with Crippen LogP contribution in [0.15, 0.2) is 35.4 Å². The van der Waals surface area contributed by atoms with Gasteiger partial charge in [0.25, 0.3) is 5.91 Å². The van der Waals surface area contributed by atoms with E-state index in [0.29, 0.717) is 31.2 Å². The second-order valence-electron chi connectivity index (χ2n) is 6.61. The van der Waals surface area contributed by atoms with E-state index >= 15 is 0 Å². The number of hydrogen-bond donors (Lipinski definition) is 1. The number of halogens is 1. The lowest BCUT2D eigenvalue weighted by molar-refractivity contribution is -0.0447. The molecule has 132 valence electrons. The molecule has 0 aliphatic carbocycles. The predicted molar refractivity (Wildman–Crippen MR) is 86.5 cm³/mol. The maximum Gasteiger partial charge on any atom is 0.257 e. The minimum Gasteiger partial charge on any atom is -0.472 e. The second-order valence-corrected chi connectivity index (χ2v) is 6.61. The van der Waals surface area contributed by atoms with E-state index in [1.165, 1.54) is 12.5 Å². The summed E-state index contributed by atoms with van der Waals surface area (Å²) in [6.07, 6.45) is 7.79. The van der Waals surface area contributed by atoms with Crippen LogP contribution < -0.4 is 5.32 Å². The van der Waals surface area contributed by atoms with Crippen LogP contribution in [0.25, 0.3) is 0 Å². The number of amides is 1. The maximum atomic E-state index is 12.9. The quantitative estimate of drug-likeness (QED) is 0.917. The van der Waals surface area contributed by atoms with Gasteiger partial charge in [-0.2, -0.15) is 0 Å². The molecule has 0 saturated carbocycles. The molecule has 2 atom stereocenters. The molecular weight excluding hydrogens is 327 g/mol. The Labute approximate surface area is 144 Å². The number of nitrogens with zero attached hydrogens (tertiary/aromatic N) is 3. The van der Waals surface area contributed by atoms with Crippen LogP contribution in [0, 0.1) is 5.82 Å². The Hall–Kier alpha value is -2.48. The van der Waals surface area contributed by atoms with Crippen LogP contribution in [0.5, 0.6) is 0 Å². The first-order chi connectivity index (χ1) is 12.1. The highest BCUT2D eigenvalue weighted by atomic mass is 19.1. The standard InChI is InChI=1S/C17H19FN4O3/c18-13-7-19-16(20-8-13)21-14-6-17(25-10-14)3-1-4-22(11-17)15(23)12-2-5-24-9-12/h2,5,7-9,14H,1,3-4,6,10-11H2,(H,19,20,21)/t14-,17-/m1/s1. The van der Waals surface area contributed by atoms with E-state index in [1.807, 2.05) is 4.90 Å². The first-order valence-corrected chi connectivity index (χ1v) is 8.33. The Bertz CT molecular complexity index is 737. The highest BCUT2D eigenvalue weighted by Gasteiger charge is 2.44. The number of ether oxygens (including phenoxy) is 1. The van der Waals surface area contributed by atoms with Crippen molar-refractivity contribution in [3.8, 4) is 0 Å². The fourth-order valence-corrected chi connectivity index (χ4v) is 3.63. The molecule has 2 aromatic heterocycles. The van der Waals surface area contributed by atoms with E-state index in [2.05, 4.69) is 15.3 Å². The number of piperidine rings is 1. The van der Waals surface area contributed by atoms with Gasteiger partial charge in [0.05, 0.1) is 49.0 Å². The fraction of sp³-hybridized carbons (Fsp3) is 0.471. The second kappa shape index (κ2) is 6.44. The Balaban J connectivity index is 1.40. The van der Waals surface area contributed by atoms with E-state index < -0.39 is 5.82 Å². The molecule has 4 heterocycles. The molecule has 2 saturated heterocycles. The summed E-state index contributed by atoms with van der Waals surface area (Å²) in [5, 5.41) is 3.18. The number of carbonyl (C=O) groups excluding carboxylic acids is 1. The lowest BCUT2D eigenvalue weighted by atomic mass is 9.88. The monoisotopic (exact) mass is 346 g/mol. The molecule has 4 rings (SSSR count). The zero-order valence-electron chi connectivity index (χ0n) is 13.7. The summed E-state index contributed by atoms with van der Waals surface area (Å²) >= 11 is 0. The highest BCUT2D eigenvalue weighted by molar-refractivity contribution is 5.93. The van der Waals surface area contributed by atoms with Crippen LogP contribution >= 0.6 is 0 Å². The van der Waals surface area contributed by atoms with Gasteiger partial charge in [0, 0.05) is 13.0 Å². The summed E-state index contributed by atoms with van der Waals surface area (Å²) in [4.78, 5) is 22.2. The average molecular weight is 346 g/mol. The van der Waals surface area contributed by atoms with Gasteiger partial charge < -0.3 is 19.4 Å². The van der Waals surface area contributed by atoms with E-state index in [0.717, 1.165) is 31.7 Å². The van der Waals surface area contributed by atoms with Gasteiger partial charge in [-0.25, -0.2) is 14.4 Å². The van der Waals surface area contributed by atoms with Crippen LogP contribution in [-0.4, -0.2) is 52.1 Å². The van der Waals surface area contributed by atoms with Gasteiger partial charge in [-0.3, -0.25) is 4.79 Å². The van der Waals surface area contributed by atoms with Crippen molar-refractivity contribution in [3.05, 3.63) is 42.4 Å². The minimum absolute atomic E-state index is 0.0327. The largest absolute Gasteiger partial charge is 0.472 e. The number of furan rings is 1. The normalized spacial score (nSPS) is 26.1. The zero-order valence-corrected chi connectivity index (χ0v) is 13.7. The minimum atomic E-state index is -0.467. The van der Waals surface area contributed by atoms with Crippen LogP contribution in [-0.2, 0) is 4.74 Å². The van der Waals surface area contributed by atoms with E-state index in [9.17, 15) is 9.18 Å².